The predicted molar refractivity (Wildman–Crippen MR) is 52.3 cm³/mol. The molecule has 1 rings (SSSR count). The lowest BCUT2D eigenvalue weighted by Gasteiger charge is -2.20. The lowest BCUT2D eigenvalue weighted by molar-refractivity contribution is -0.120. The number of hydrogen-bond donors (Lipinski definition) is 2. The molecule has 3 N–H and O–H groups in total. The summed E-state index contributed by atoms with van der Waals surface area (Å²) < 4.78 is 0. The molecule has 1 aliphatic rings. The van der Waals surface area contributed by atoms with Gasteiger partial charge in [-0.3, -0.25) is 4.79 Å². The third-order valence-electron chi connectivity index (χ3n) is 2.32. The van der Waals surface area contributed by atoms with Gasteiger partial charge < -0.3 is 16.0 Å². The second-order valence-corrected chi connectivity index (χ2v) is 3.68. The number of nitrogens with two attached hydrogens (primary N) is 1. The largest absolute Gasteiger partial charge is 0.351 e. The van der Waals surface area contributed by atoms with E-state index in [9.17, 15) is 4.79 Å². The first kappa shape index (κ1) is 10.5. The minimum Gasteiger partial charge on any atom is -0.351 e. The zero-order chi connectivity index (χ0) is 9.68. The molecule has 0 saturated carbocycles. The molecular formula is C9H19N3O. The first-order valence-electron chi connectivity index (χ1n) is 4.94. The highest BCUT2D eigenvalue weighted by Gasteiger charge is 2.15. The summed E-state index contributed by atoms with van der Waals surface area (Å²) in [6, 6.07) is 0.217. The molecule has 13 heavy (non-hydrogen) atoms. The Kier molecular flexibility index (Phi) is 4.18. The second-order valence-electron chi connectivity index (χ2n) is 3.68. The van der Waals surface area contributed by atoms with Crippen molar-refractivity contribution < 1.29 is 4.79 Å². The zero-order valence-corrected chi connectivity index (χ0v) is 8.25. The van der Waals surface area contributed by atoms with E-state index in [2.05, 4.69) is 10.2 Å². The summed E-state index contributed by atoms with van der Waals surface area (Å²) in [6.07, 6.45) is 2.58. The van der Waals surface area contributed by atoms with Crippen molar-refractivity contribution in [3.8, 4) is 0 Å². The van der Waals surface area contributed by atoms with Crippen LogP contribution in [0.3, 0.4) is 0 Å². The topological polar surface area (TPSA) is 58.4 Å². The van der Waals surface area contributed by atoms with Crippen LogP contribution in [0.15, 0.2) is 0 Å². The van der Waals surface area contributed by atoms with Crippen LogP contribution in [0, 0.1) is 0 Å². The standard InChI is InChI=1S/C9H19N3O/c1-8(11-9(13)6-10)7-12-4-2-3-5-12/h8H,2-7,10H2,1H3,(H,11,13). The summed E-state index contributed by atoms with van der Waals surface area (Å²) in [5.41, 5.74) is 5.20. The molecule has 0 aliphatic carbocycles. The van der Waals surface area contributed by atoms with Crippen LogP contribution in [0.25, 0.3) is 0 Å². The first-order valence-corrected chi connectivity index (χ1v) is 4.94. The number of rotatable bonds is 4. The van der Waals surface area contributed by atoms with Gasteiger partial charge in [0.15, 0.2) is 0 Å². The Hall–Kier alpha value is -0.610. The molecule has 1 amide bonds. The van der Waals surface area contributed by atoms with Crippen LogP contribution in [0.1, 0.15) is 19.8 Å². The SMILES string of the molecule is CC(CN1CCCC1)NC(=O)CN. The number of nitrogens with zero attached hydrogens (tertiary/aromatic N) is 1. The quantitative estimate of drug-likeness (QED) is 0.623. The van der Waals surface area contributed by atoms with Crippen molar-refractivity contribution in [2.24, 2.45) is 5.73 Å². The normalized spacial score (nSPS) is 20.2. The van der Waals surface area contributed by atoms with E-state index in [0.717, 1.165) is 6.54 Å². The number of carbonyl (C=O) groups is 1. The van der Waals surface area contributed by atoms with Crippen molar-refractivity contribution in [2.45, 2.75) is 25.8 Å². The third-order valence-corrected chi connectivity index (χ3v) is 2.32. The van der Waals surface area contributed by atoms with Gasteiger partial charge in [-0.2, -0.15) is 0 Å². The van der Waals surface area contributed by atoms with Gasteiger partial charge in [0, 0.05) is 12.6 Å². The number of hydrogen-bond acceptors (Lipinski definition) is 3. The van der Waals surface area contributed by atoms with E-state index >= 15 is 0 Å². The average Bonchev–Trinajstić information content (AvgIpc) is 2.56. The fourth-order valence-electron chi connectivity index (χ4n) is 1.73. The van der Waals surface area contributed by atoms with Gasteiger partial charge in [0.2, 0.25) is 5.91 Å². The van der Waals surface area contributed by atoms with E-state index in [1.54, 1.807) is 0 Å². The number of nitrogens with one attached hydrogen (secondary N) is 1. The van der Waals surface area contributed by atoms with Gasteiger partial charge in [-0.15, -0.1) is 0 Å². The minimum absolute atomic E-state index is 0.0632. The number of likely N-dealkylation sites (tertiary alicyclic amines) is 1. The first-order chi connectivity index (χ1) is 6.22. The van der Waals surface area contributed by atoms with Crippen molar-refractivity contribution in [3.05, 3.63) is 0 Å². The molecule has 0 radical (unpaired) electrons. The molecule has 1 aliphatic heterocycles. The Morgan fingerprint density at radius 3 is 2.69 bits per heavy atom. The molecule has 0 bridgehead atoms. The highest BCUT2D eigenvalue weighted by Crippen LogP contribution is 2.07. The molecule has 76 valence electrons. The Morgan fingerprint density at radius 2 is 2.15 bits per heavy atom. The van der Waals surface area contributed by atoms with Crippen LogP contribution >= 0.6 is 0 Å². The van der Waals surface area contributed by atoms with Crippen LogP contribution < -0.4 is 11.1 Å². The van der Waals surface area contributed by atoms with Gasteiger partial charge in [-0.1, -0.05) is 0 Å². The maximum atomic E-state index is 10.9. The maximum absolute atomic E-state index is 10.9. The molecule has 1 atom stereocenters. The van der Waals surface area contributed by atoms with Crippen LogP contribution in [0.4, 0.5) is 0 Å². The molecule has 4 heteroatoms. The van der Waals surface area contributed by atoms with Gasteiger partial charge in [-0.05, 0) is 32.9 Å². The van der Waals surface area contributed by atoms with Crippen LogP contribution in [0.2, 0.25) is 0 Å². The van der Waals surface area contributed by atoms with Crippen molar-refractivity contribution in [2.75, 3.05) is 26.2 Å². The summed E-state index contributed by atoms with van der Waals surface area (Å²) >= 11 is 0. The Labute approximate surface area is 79.5 Å². The van der Waals surface area contributed by atoms with E-state index in [-0.39, 0.29) is 18.5 Å². The average molecular weight is 185 g/mol. The molecule has 0 aromatic rings. The Bertz CT molecular complexity index is 166. The third kappa shape index (κ3) is 3.74. The van der Waals surface area contributed by atoms with Gasteiger partial charge in [0.25, 0.3) is 0 Å². The molecule has 4 nitrogen and oxygen atoms in total. The summed E-state index contributed by atoms with van der Waals surface area (Å²) in [5.74, 6) is -0.0632. The fourth-order valence-corrected chi connectivity index (χ4v) is 1.73. The van der Waals surface area contributed by atoms with Crippen molar-refractivity contribution in [1.29, 1.82) is 0 Å². The molecule has 0 aromatic heterocycles. The zero-order valence-electron chi connectivity index (χ0n) is 8.25. The molecule has 1 fully saturated rings. The summed E-state index contributed by atoms with van der Waals surface area (Å²) in [6.45, 7) is 5.40. The molecule has 0 aromatic carbocycles. The minimum atomic E-state index is -0.0632. The van der Waals surface area contributed by atoms with Gasteiger partial charge in [-0.25, -0.2) is 0 Å². The maximum Gasteiger partial charge on any atom is 0.233 e. The highest BCUT2D eigenvalue weighted by atomic mass is 16.1. The van der Waals surface area contributed by atoms with Crippen molar-refractivity contribution in [3.63, 3.8) is 0 Å². The molecule has 1 saturated heterocycles. The smallest absolute Gasteiger partial charge is 0.233 e. The van der Waals surface area contributed by atoms with Crippen LogP contribution in [0.5, 0.6) is 0 Å². The lowest BCUT2D eigenvalue weighted by Crippen LogP contribution is -2.43. The molecule has 0 spiro atoms. The van der Waals surface area contributed by atoms with Crippen LogP contribution in [-0.2, 0) is 4.79 Å². The summed E-state index contributed by atoms with van der Waals surface area (Å²) in [4.78, 5) is 13.3. The Morgan fingerprint density at radius 1 is 1.54 bits per heavy atom. The fraction of sp³-hybridized carbons (Fsp3) is 0.889. The van der Waals surface area contributed by atoms with E-state index in [4.69, 9.17) is 5.73 Å². The van der Waals surface area contributed by atoms with E-state index in [0.29, 0.717) is 0 Å². The summed E-state index contributed by atoms with van der Waals surface area (Å²) in [7, 11) is 0. The van der Waals surface area contributed by atoms with Gasteiger partial charge in [0.1, 0.15) is 0 Å². The van der Waals surface area contributed by atoms with Gasteiger partial charge in [0.05, 0.1) is 6.54 Å². The predicted octanol–water partition coefficient (Wildman–Crippen LogP) is -0.454. The van der Waals surface area contributed by atoms with Crippen LogP contribution in [-0.4, -0.2) is 43.0 Å². The highest BCUT2D eigenvalue weighted by molar-refractivity contribution is 5.78. The van der Waals surface area contributed by atoms with Crippen molar-refractivity contribution >= 4 is 5.91 Å². The monoisotopic (exact) mass is 185 g/mol. The van der Waals surface area contributed by atoms with Crippen molar-refractivity contribution in [1.82, 2.24) is 10.2 Å². The number of carbonyl (C=O) groups excluding carboxylic acids is 1. The molecule has 1 heterocycles. The van der Waals surface area contributed by atoms with E-state index in [1.807, 2.05) is 6.92 Å². The molecular weight excluding hydrogens is 166 g/mol. The van der Waals surface area contributed by atoms with E-state index in [1.165, 1.54) is 25.9 Å². The summed E-state index contributed by atoms with van der Waals surface area (Å²) in [5, 5.41) is 2.85. The Balaban J connectivity index is 2.16. The van der Waals surface area contributed by atoms with E-state index < -0.39 is 0 Å². The second kappa shape index (κ2) is 5.19. The lowest BCUT2D eigenvalue weighted by atomic mass is 10.3. The number of amides is 1. The molecule has 1 unspecified atom stereocenters. The van der Waals surface area contributed by atoms with Gasteiger partial charge >= 0.3 is 0 Å².